The summed E-state index contributed by atoms with van der Waals surface area (Å²) in [5.74, 6) is -0.480. The maximum atomic E-state index is 12.9. The summed E-state index contributed by atoms with van der Waals surface area (Å²) >= 11 is 0. The summed E-state index contributed by atoms with van der Waals surface area (Å²) in [4.78, 5) is 44.5. The number of ether oxygens (including phenoxy) is 3. The number of amides is 2. The lowest BCUT2D eigenvalue weighted by Crippen LogP contribution is -2.37. The molecule has 2 aromatic rings. The van der Waals surface area contributed by atoms with Crippen molar-refractivity contribution < 1.29 is 37.4 Å². The van der Waals surface area contributed by atoms with Crippen molar-refractivity contribution in [1.82, 2.24) is 14.8 Å². The van der Waals surface area contributed by atoms with Crippen LogP contribution in [-0.2, 0) is 9.53 Å². The van der Waals surface area contributed by atoms with Gasteiger partial charge in [0.05, 0.1) is 18.2 Å². The molecule has 39 heavy (non-hydrogen) atoms. The molecule has 0 N–H and O–H groups in total. The number of halogens is 2. The van der Waals surface area contributed by atoms with Crippen LogP contribution >= 0.6 is 0 Å². The van der Waals surface area contributed by atoms with Gasteiger partial charge in [0.1, 0.15) is 12.3 Å². The Labute approximate surface area is 226 Å². The minimum absolute atomic E-state index is 0.0251. The highest BCUT2D eigenvalue weighted by atomic mass is 19.3. The Morgan fingerprint density at radius 1 is 1.13 bits per heavy atom. The molecule has 11 heteroatoms. The lowest BCUT2D eigenvalue weighted by molar-refractivity contribution is -0.130. The second-order valence-corrected chi connectivity index (χ2v) is 9.95. The van der Waals surface area contributed by atoms with E-state index in [0.717, 1.165) is 18.4 Å². The number of hydrogen-bond donors (Lipinski definition) is 0. The van der Waals surface area contributed by atoms with Crippen molar-refractivity contribution in [3.05, 3.63) is 53.3 Å². The average molecular weight is 546 g/mol. The molecule has 1 aromatic heterocycles. The van der Waals surface area contributed by atoms with Crippen LogP contribution in [0.5, 0.6) is 11.5 Å². The second kappa shape index (κ2) is 12.4. The van der Waals surface area contributed by atoms with Crippen LogP contribution in [0.4, 0.5) is 8.78 Å². The molecular formula is C28H33F2N3O6. The van der Waals surface area contributed by atoms with Gasteiger partial charge >= 0.3 is 12.6 Å². The van der Waals surface area contributed by atoms with E-state index in [2.05, 4.69) is 9.72 Å². The Kier molecular flexibility index (Phi) is 8.98. The zero-order valence-electron chi connectivity index (χ0n) is 22.3. The molecule has 2 aliphatic rings. The molecule has 1 saturated carbocycles. The fourth-order valence-electron chi connectivity index (χ4n) is 4.53. The van der Waals surface area contributed by atoms with E-state index in [9.17, 15) is 23.2 Å². The molecule has 1 saturated heterocycles. The van der Waals surface area contributed by atoms with Gasteiger partial charge in [0.15, 0.2) is 11.5 Å². The molecule has 2 atom stereocenters. The predicted octanol–water partition coefficient (Wildman–Crippen LogP) is 4.13. The minimum atomic E-state index is -2.97. The summed E-state index contributed by atoms with van der Waals surface area (Å²) in [6, 6.07) is 7.44. The number of rotatable bonds is 11. The molecular weight excluding hydrogens is 512 g/mol. The topological polar surface area (TPSA) is 98.3 Å². The van der Waals surface area contributed by atoms with Gasteiger partial charge in [0.2, 0.25) is 5.91 Å². The van der Waals surface area contributed by atoms with Gasteiger partial charge in [-0.05, 0) is 61.9 Å². The van der Waals surface area contributed by atoms with Gasteiger partial charge in [-0.3, -0.25) is 9.59 Å². The molecule has 2 amide bonds. The lowest BCUT2D eigenvalue weighted by atomic mass is 9.96. The maximum Gasteiger partial charge on any atom is 0.387 e. The molecule has 0 radical (unpaired) electrons. The smallest absolute Gasteiger partial charge is 0.387 e. The number of hydrogen-bond acceptors (Lipinski definition) is 7. The molecule has 0 bridgehead atoms. The van der Waals surface area contributed by atoms with Gasteiger partial charge in [0.25, 0.3) is 5.91 Å². The van der Waals surface area contributed by atoms with E-state index < -0.39 is 12.6 Å². The Bertz CT molecular complexity index is 1190. The molecule has 1 aliphatic heterocycles. The van der Waals surface area contributed by atoms with Crippen LogP contribution < -0.4 is 9.47 Å². The molecule has 4 rings (SSSR count). The molecule has 0 spiro atoms. The number of esters is 1. The molecule has 210 valence electrons. The van der Waals surface area contributed by atoms with Crippen LogP contribution in [0.15, 0.2) is 36.5 Å². The fraction of sp³-hybridized carbons (Fsp3) is 0.500. The van der Waals surface area contributed by atoms with Crippen molar-refractivity contribution in [3.63, 3.8) is 0 Å². The van der Waals surface area contributed by atoms with Gasteiger partial charge < -0.3 is 24.0 Å². The first-order valence-electron chi connectivity index (χ1n) is 13.0. The summed E-state index contributed by atoms with van der Waals surface area (Å²) in [6.07, 6.45) is 3.95. The molecule has 2 fully saturated rings. The van der Waals surface area contributed by atoms with Crippen molar-refractivity contribution >= 4 is 17.8 Å². The standard InChI is InChI=1S/C28H33F2N3O6/c1-4-32(3)26(35)20-7-9-23(31-13-20)27(36)38-16-22-11-21(14-33(22)17(2)34)19-8-10-24(39-28(29)30)25(12-19)37-15-18-5-6-18/h7-10,12-13,18,21-22,28H,4-6,11,14-16H2,1-3H3/t21-,22-/m1/s1. The predicted molar refractivity (Wildman–Crippen MR) is 137 cm³/mol. The Balaban J connectivity index is 1.41. The largest absolute Gasteiger partial charge is 0.489 e. The molecule has 1 aliphatic carbocycles. The van der Waals surface area contributed by atoms with Crippen molar-refractivity contribution in [2.24, 2.45) is 5.92 Å². The van der Waals surface area contributed by atoms with E-state index in [1.54, 1.807) is 24.1 Å². The van der Waals surface area contributed by atoms with Crippen LogP contribution in [0.3, 0.4) is 0 Å². The van der Waals surface area contributed by atoms with Crippen molar-refractivity contribution in [1.29, 1.82) is 0 Å². The average Bonchev–Trinajstić information content (AvgIpc) is 3.66. The van der Waals surface area contributed by atoms with Crippen LogP contribution in [0, 0.1) is 5.92 Å². The van der Waals surface area contributed by atoms with Gasteiger partial charge in [-0.1, -0.05) is 6.07 Å². The zero-order chi connectivity index (χ0) is 28.1. The van der Waals surface area contributed by atoms with Crippen LogP contribution in [0.1, 0.15) is 65.4 Å². The summed E-state index contributed by atoms with van der Waals surface area (Å²) in [6.45, 7) is 1.66. The molecule has 2 heterocycles. The van der Waals surface area contributed by atoms with Crippen molar-refractivity contribution in [3.8, 4) is 11.5 Å². The van der Waals surface area contributed by atoms with Gasteiger partial charge in [-0.2, -0.15) is 8.78 Å². The third kappa shape index (κ3) is 7.21. The summed E-state index contributed by atoms with van der Waals surface area (Å²) in [7, 11) is 1.67. The Morgan fingerprint density at radius 3 is 2.51 bits per heavy atom. The molecule has 1 aromatic carbocycles. The number of benzene rings is 1. The molecule has 0 unspecified atom stereocenters. The normalized spacial score (nSPS) is 18.7. The van der Waals surface area contributed by atoms with Gasteiger partial charge in [-0.25, -0.2) is 9.78 Å². The van der Waals surface area contributed by atoms with E-state index in [-0.39, 0.29) is 47.6 Å². The van der Waals surface area contributed by atoms with E-state index in [1.165, 1.54) is 36.2 Å². The number of pyridine rings is 1. The van der Waals surface area contributed by atoms with E-state index in [0.29, 0.717) is 37.6 Å². The van der Waals surface area contributed by atoms with Crippen LogP contribution in [0.25, 0.3) is 0 Å². The number of alkyl halides is 2. The summed E-state index contributed by atoms with van der Waals surface area (Å²) in [5, 5.41) is 0. The minimum Gasteiger partial charge on any atom is -0.489 e. The van der Waals surface area contributed by atoms with Crippen LogP contribution in [-0.4, -0.2) is 78.6 Å². The monoisotopic (exact) mass is 545 g/mol. The first kappa shape index (κ1) is 28.3. The maximum absolute atomic E-state index is 12.9. The first-order valence-corrected chi connectivity index (χ1v) is 13.0. The number of carbonyl (C=O) groups is 3. The SMILES string of the molecule is CCN(C)C(=O)c1ccc(C(=O)OC[C@H]2C[C@@H](c3ccc(OC(F)F)c(OCC4CC4)c3)CN2C(C)=O)nc1. The number of carbonyl (C=O) groups excluding carboxylic acids is 3. The zero-order valence-corrected chi connectivity index (χ0v) is 22.3. The highest BCUT2D eigenvalue weighted by molar-refractivity contribution is 5.95. The summed E-state index contributed by atoms with van der Waals surface area (Å²) < 4.78 is 41.7. The van der Waals surface area contributed by atoms with E-state index in [4.69, 9.17) is 9.47 Å². The van der Waals surface area contributed by atoms with Crippen LogP contribution in [0.2, 0.25) is 0 Å². The van der Waals surface area contributed by atoms with E-state index in [1.807, 2.05) is 6.92 Å². The molecule has 9 nitrogen and oxygen atoms in total. The second-order valence-electron chi connectivity index (χ2n) is 9.95. The van der Waals surface area contributed by atoms with Gasteiger partial charge in [-0.15, -0.1) is 0 Å². The fourth-order valence-corrected chi connectivity index (χ4v) is 4.53. The first-order chi connectivity index (χ1) is 18.7. The van der Waals surface area contributed by atoms with Crippen molar-refractivity contribution in [2.75, 3.05) is 33.4 Å². The third-order valence-corrected chi connectivity index (χ3v) is 7.09. The number of likely N-dealkylation sites (tertiary alicyclic amines) is 1. The summed E-state index contributed by atoms with van der Waals surface area (Å²) in [5.41, 5.74) is 1.24. The quantitative estimate of drug-likeness (QED) is 0.392. The Morgan fingerprint density at radius 2 is 1.90 bits per heavy atom. The number of aromatic nitrogens is 1. The highest BCUT2D eigenvalue weighted by Crippen LogP contribution is 2.39. The Hall–Kier alpha value is -3.76. The van der Waals surface area contributed by atoms with Crippen molar-refractivity contribution in [2.45, 2.75) is 51.7 Å². The highest BCUT2D eigenvalue weighted by Gasteiger charge is 2.36. The third-order valence-electron chi connectivity index (χ3n) is 7.09. The van der Waals surface area contributed by atoms with Gasteiger partial charge in [0, 0.05) is 39.2 Å². The lowest BCUT2D eigenvalue weighted by Gasteiger charge is -2.22. The number of nitrogens with zero attached hydrogens (tertiary/aromatic N) is 3. The van der Waals surface area contributed by atoms with E-state index >= 15 is 0 Å².